The number of amides is 1. The molecular formula is C21H24N6O2S. The number of anilines is 1. The zero-order valence-electron chi connectivity index (χ0n) is 16.8. The van der Waals surface area contributed by atoms with Crippen LogP contribution in [0.3, 0.4) is 0 Å². The second-order valence-electron chi connectivity index (χ2n) is 7.88. The number of carbonyl (C=O) groups is 1. The van der Waals surface area contributed by atoms with Crippen molar-refractivity contribution in [3.63, 3.8) is 0 Å². The van der Waals surface area contributed by atoms with Gasteiger partial charge in [0.05, 0.1) is 41.5 Å². The molecule has 0 aliphatic carbocycles. The Bertz CT molecular complexity index is 1040. The second-order valence-corrected chi connectivity index (χ2v) is 9.01. The van der Waals surface area contributed by atoms with Gasteiger partial charge in [0.25, 0.3) is 0 Å². The number of nitrogen functional groups attached to an aromatic ring is 1. The van der Waals surface area contributed by atoms with Crippen molar-refractivity contribution in [2.75, 3.05) is 25.4 Å². The quantitative estimate of drug-likeness (QED) is 0.694. The molecule has 1 spiro atoms. The van der Waals surface area contributed by atoms with E-state index in [0.29, 0.717) is 25.5 Å². The van der Waals surface area contributed by atoms with Gasteiger partial charge in [-0.25, -0.2) is 15.0 Å². The van der Waals surface area contributed by atoms with Crippen LogP contribution in [-0.2, 0) is 21.6 Å². The van der Waals surface area contributed by atoms with E-state index in [9.17, 15) is 4.79 Å². The van der Waals surface area contributed by atoms with E-state index in [2.05, 4.69) is 21.0 Å². The van der Waals surface area contributed by atoms with E-state index >= 15 is 0 Å². The third-order valence-corrected chi connectivity index (χ3v) is 7.36. The van der Waals surface area contributed by atoms with E-state index in [1.54, 1.807) is 36.3 Å². The predicted octanol–water partition coefficient (Wildman–Crippen LogP) is 2.64. The number of ether oxygens (including phenoxy) is 1. The molecule has 1 unspecified atom stereocenters. The molecule has 0 radical (unpaired) electrons. The van der Waals surface area contributed by atoms with Gasteiger partial charge >= 0.3 is 0 Å². The minimum atomic E-state index is -0.321. The fourth-order valence-corrected chi connectivity index (χ4v) is 5.59. The number of thiophene rings is 1. The molecule has 1 fully saturated rings. The summed E-state index contributed by atoms with van der Waals surface area (Å²) in [5.74, 6) is 0.545. The first-order valence-corrected chi connectivity index (χ1v) is 11.0. The second kappa shape index (κ2) is 7.48. The first-order valence-electron chi connectivity index (χ1n) is 10.2. The van der Waals surface area contributed by atoms with Crippen LogP contribution in [0.1, 0.15) is 36.2 Å². The standard InChI is InChI=1S/C21H24N6O2S/c1-14(27-8-5-23-13-27)20(28)26-6-3-21(4-7-26)15-10-18(30-17(15)2-9-29-21)16-11-25-19(22)12-24-16/h5,8,10-14H,2-4,6-7,9H2,1H3,(H2,22,25). The number of hydrogen-bond acceptors (Lipinski definition) is 7. The highest BCUT2D eigenvalue weighted by Gasteiger charge is 2.43. The largest absolute Gasteiger partial charge is 0.382 e. The lowest BCUT2D eigenvalue weighted by Gasteiger charge is -2.44. The van der Waals surface area contributed by atoms with Gasteiger partial charge in [-0.3, -0.25) is 4.79 Å². The van der Waals surface area contributed by atoms with Crippen molar-refractivity contribution in [1.82, 2.24) is 24.4 Å². The highest BCUT2D eigenvalue weighted by Crippen LogP contribution is 2.46. The third kappa shape index (κ3) is 3.27. The molecule has 0 saturated carbocycles. The van der Waals surface area contributed by atoms with Gasteiger partial charge in [-0.1, -0.05) is 0 Å². The number of aromatic nitrogens is 4. The zero-order valence-corrected chi connectivity index (χ0v) is 17.6. The van der Waals surface area contributed by atoms with E-state index in [4.69, 9.17) is 10.5 Å². The molecule has 2 N–H and O–H groups in total. The molecule has 3 aromatic rings. The lowest BCUT2D eigenvalue weighted by Crippen LogP contribution is -2.49. The van der Waals surface area contributed by atoms with Crippen LogP contribution in [0.25, 0.3) is 10.6 Å². The molecule has 1 atom stereocenters. The normalized spacial score (nSPS) is 18.9. The van der Waals surface area contributed by atoms with E-state index in [0.717, 1.165) is 29.8 Å². The Morgan fingerprint density at radius 3 is 2.83 bits per heavy atom. The Kier molecular flexibility index (Phi) is 4.79. The van der Waals surface area contributed by atoms with Crippen LogP contribution in [0.2, 0.25) is 0 Å². The fourth-order valence-electron chi connectivity index (χ4n) is 4.40. The Labute approximate surface area is 178 Å². The molecule has 9 heteroatoms. The first-order chi connectivity index (χ1) is 14.6. The van der Waals surface area contributed by atoms with Crippen molar-refractivity contribution >= 4 is 23.1 Å². The Balaban J connectivity index is 1.35. The molecule has 5 rings (SSSR count). The SMILES string of the molecule is CC(C(=O)N1CCC2(CC1)OCCc1sc(-c3cnc(N)cn3)cc12)n1ccnc1. The number of nitrogens with zero attached hydrogens (tertiary/aromatic N) is 5. The molecule has 2 aliphatic rings. The van der Waals surface area contributed by atoms with Gasteiger partial charge in [-0.05, 0) is 31.4 Å². The summed E-state index contributed by atoms with van der Waals surface area (Å²) in [5, 5.41) is 0. The van der Waals surface area contributed by atoms with Crippen molar-refractivity contribution < 1.29 is 9.53 Å². The van der Waals surface area contributed by atoms with Crippen LogP contribution < -0.4 is 5.73 Å². The molecule has 156 valence electrons. The summed E-state index contributed by atoms with van der Waals surface area (Å²) in [5.41, 5.74) is 7.44. The molecule has 0 aromatic carbocycles. The Hall–Kier alpha value is -2.78. The maximum Gasteiger partial charge on any atom is 0.245 e. The number of nitrogens with two attached hydrogens (primary N) is 1. The number of piperidine rings is 1. The van der Waals surface area contributed by atoms with Crippen LogP contribution >= 0.6 is 11.3 Å². The number of carbonyl (C=O) groups excluding carboxylic acids is 1. The van der Waals surface area contributed by atoms with Crippen molar-refractivity contribution in [1.29, 1.82) is 0 Å². The van der Waals surface area contributed by atoms with E-state index < -0.39 is 0 Å². The van der Waals surface area contributed by atoms with Gasteiger partial charge in [0, 0.05) is 36.8 Å². The molecule has 5 heterocycles. The monoisotopic (exact) mass is 424 g/mol. The molecule has 1 amide bonds. The molecule has 3 aromatic heterocycles. The van der Waals surface area contributed by atoms with Crippen LogP contribution in [0, 0.1) is 0 Å². The number of likely N-dealkylation sites (tertiary alicyclic amines) is 1. The van der Waals surface area contributed by atoms with Crippen LogP contribution in [-0.4, -0.2) is 50.0 Å². The lowest BCUT2D eigenvalue weighted by atomic mass is 9.82. The third-order valence-electron chi connectivity index (χ3n) is 6.14. The summed E-state index contributed by atoms with van der Waals surface area (Å²) in [6, 6.07) is 1.95. The molecule has 1 saturated heterocycles. The van der Waals surface area contributed by atoms with Gasteiger partial charge in [0.2, 0.25) is 5.91 Å². The fraction of sp³-hybridized carbons (Fsp3) is 0.429. The maximum atomic E-state index is 12.9. The average Bonchev–Trinajstić information content (AvgIpc) is 3.45. The van der Waals surface area contributed by atoms with Crippen LogP contribution in [0.5, 0.6) is 0 Å². The summed E-state index contributed by atoms with van der Waals surface area (Å²) in [7, 11) is 0. The first kappa shape index (κ1) is 19.2. The minimum Gasteiger partial charge on any atom is -0.382 e. The highest BCUT2D eigenvalue weighted by atomic mass is 32.1. The molecule has 8 nitrogen and oxygen atoms in total. The Morgan fingerprint density at radius 1 is 1.30 bits per heavy atom. The van der Waals surface area contributed by atoms with Gasteiger partial charge in [-0.15, -0.1) is 11.3 Å². The van der Waals surface area contributed by atoms with Crippen molar-refractivity contribution in [2.45, 2.75) is 37.8 Å². The summed E-state index contributed by atoms with van der Waals surface area (Å²) in [6.07, 6.45) is 11.0. The number of hydrogen-bond donors (Lipinski definition) is 1. The van der Waals surface area contributed by atoms with Crippen molar-refractivity contribution in [3.05, 3.63) is 47.6 Å². The number of imidazole rings is 1. The van der Waals surface area contributed by atoms with E-state index in [1.807, 2.05) is 22.6 Å². The summed E-state index contributed by atoms with van der Waals surface area (Å²) in [4.78, 5) is 30.0. The van der Waals surface area contributed by atoms with Gasteiger partial charge in [0.1, 0.15) is 11.9 Å². The molecule has 30 heavy (non-hydrogen) atoms. The van der Waals surface area contributed by atoms with E-state index in [-0.39, 0.29) is 17.6 Å². The Morgan fingerprint density at radius 2 is 2.13 bits per heavy atom. The topological polar surface area (TPSA) is 99.2 Å². The van der Waals surface area contributed by atoms with Crippen LogP contribution in [0.4, 0.5) is 5.82 Å². The van der Waals surface area contributed by atoms with Gasteiger partial charge in [-0.2, -0.15) is 0 Å². The van der Waals surface area contributed by atoms with E-state index in [1.165, 1.54) is 10.4 Å². The molecule has 2 aliphatic heterocycles. The molecule has 0 bridgehead atoms. The summed E-state index contributed by atoms with van der Waals surface area (Å²) in [6.45, 7) is 4.00. The lowest BCUT2D eigenvalue weighted by molar-refractivity contribution is -0.143. The molecular weight excluding hydrogens is 400 g/mol. The van der Waals surface area contributed by atoms with Crippen molar-refractivity contribution in [3.8, 4) is 10.6 Å². The average molecular weight is 425 g/mol. The van der Waals surface area contributed by atoms with Crippen LogP contribution in [0.15, 0.2) is 37.2 Å². The smallest absolute Gasteiger partial charge is 0.245 e. The minimum absolute atomic E-state index is 0.127. The zero-order chi connectivity index (χ0) is 20.7. The number of rotatable bonds is 3. The maximum absolute atomic E-state index is 12.9. The number of fused-ring (bicyclic) bond motifs is 2. The summed E-state index contributed by atoms with van der Waals surface area (Å²) < 4.78 is 8.21. The summed E-state index contributed by atoms with van der Waals surface area (Å²) >= 11 is 1.76. The van der Waals surface area contributed by atoms with Crippen molar-refractivity contribution in [2.24, 2.45) is 0 Å². The predicted molar refractivity (Wildman–Crippen MR) is 114 cm³/mol. The highest BCUT2D eigenvalue weighted by molar-refractivity contribution is 7.15. The van der Waals surface area contributed by atoms with Gasteiger partial charge < -0.3 is 19.9 Å². The van der Waals surface area contributed by atoms with Gasteiger partial charge in [0.15, 0.2) is 0 Å².